The summed E-state index contributed by atoms with van der Waals surface area (Å²) in [6.07, 6.45) is 2.19. The molecular weight excluding hydrogens is 419 g/mol. The maximum absolute atomic E-state index is 12.2. The normalized spacial score (nSPS) is 20.4. The number of aliphatic imine (C=N–C) groups is 1. The summed E-state index contributed by atoms with van der Waals surface area (Å²) in [5, 5.41) is 3.46. The van der Waals surface area contributed by atoms with Crippen molar-refractivity contribution in [2.45, 2.75) is 59.1 Å². The molecule has 1 N–H and O–H groups in total. The van der Waals surface area contributed by atoms with Crippen LogP contribution in [-0.2, 0) is 4.74 Å². The predicted octanol–water partition coefficient (Wildman–Crippen LogP) is 2.92. The molecule has 140 valence electrons. The van der Waals surface area contributed by atoms with Gasteiger partial charge in [0.05, 0.1) is 12.6 Å². The number of hydrogen-bond donors (Lipinski definition) is 1. The van der Waals surface area contributed by atoms with Gasteiger partial charge in [0, 0.05) is 26.2 Å². The number of carbonyl (C=O) groups is 1. The number of halogens is 1. The summed E-state index contributed by atoms with van der Waals surface area (Å²) in [5.41, 5.74) is -0.441. The van der Waals surface area contributed by atoms with Gasteiger partial charge < -0.3 is 19.9 Å². The Balaban J connectivity index is 0.00000288. The van der Waals surface area contributed by atoms with Gasteiger partial charge >= 0.3 is 6.09 Å². The van der Waals surface area contributed by atoms with Gasteiger partial charge in [0.1, 0.15) is 5.60 Å². The Hall–Kier alpha value is -0.730. The van der Waals surface area contributed by atoms with Crippen LogP contribution in [0.15, 0.2) is 4.99 Å². The lowest BCUT2D eigenvalue weighted by Crippen LogP contribution is -2.57. The van der Waals surface area contributed by atoms with Crippen LogP contribution < -0.4 is 5.32 Å². The van der Waals surface area contributed by atoms with E-state index in [1.807, 2.05) is 25.7 Å². The monoisotopic (exact) mass is 452 g/mol. The number of ether oxygens (including phenoxy) is 1. The summed E-state index contributed by atoms with van der Waals surface area (Å²) in [7, 11) is 0. The summed E-state index contributed by atoms with van der Waals surface area (Å²) in [4.78, 5) is 20.9. The third kappa shape index (κ3) is 6.29. The van der Waals surface area contributed by atoms with Gasteiger partial charge in [-0.3, -0.25) is 4.99 Å². The molecule has 24 heavy (non-hydrogen) atoms. The molecule has 2 heterocycles. The molecule has 1 saturated heterocycles. The lowest BCUT2D eigenvalue weighted by molar-refractivity contribution is 0.0137. The zero-order chi connectivity index (χ0) is 17.0. The summed E-state index contributed by atoms with van der Waals surface area (Å²) in [5.74, 6) is 1.75. The average Bonchev–Trinajstić information content (AvgIpc) is 2.84. The van der Waals surface area contributed by atoms with Crippen LogP contribution in [0.2, 0.25) is 0 Å². The Labute approximate surface area is 163 Å². The average molecular weight is 452 g/mol. The molecule has 0 bridgehead atoms. The molecule has 2 aliphatic rings. The Morgan fingerprint density at radius 1 is 1.38 bits per heavy atom. The number of rotatable bonds is 4. The Kier molecular flexibility index (Phi) is 8.08. The molecule has 0 aromatic carbocycles. The predicted molar refractivity (Wildman–Crippen MR) is 108 cm³/mol. The number of carbonyl (C=O) groups excluding carboxylic acids is 1. The highest BCUT2D eigenvalue weighted by Gasteiger charge is 2.36. The molecule has 1 atom stereocenters. The van der Waals surface area contributed by atoms with E-state index in [1.165, 1.54) is 12.8 Å². The first kappa shape index (κ1) is 21.3. The van der Waals surface area contributed by atoms with E-state index in [2.05, 4.69) is 29.1 Å². The van der Waals surface area contributed by atoms with E-state index in [0.717, 1.165) is 31.5 Å². The minimum absolute atomic E-state index is 0. The highest BCUT2D eigenvalue weighted by molar-refractivity contribution is 14.0. The van der Waals surface area contributed by atoms with Gasteiger partial charge in [-0.2, -0.15) is 0 Å². The van der Waals surface area contributed by atoms with Crippen LogP contribution in [0.4, 0.5) is 4.79 Å². The van der Waals surface area contributed by atoms with Crippen molar-refractivity contribution in [1.29, 1.82) is 0 Å². The van der Waals surface area contributed by atoms with Crippen LogP contribution in [0.25, 0.3) is 0 Å². The minimum atomic E-state index is -0.441. The van der Waals surface area contributed by atoms with Crippen molar-refractivity contribution < 1.29 is 9.53 Å². The summed E-state index contributed by atoms with van der Waals surface area (Å²) in [6, 6.07) is 0.281. The van der Waals surface area contributed by atoms with Gasteiger partial charge in [-0.15, -0.1) is 24.0 Å². The van der Waals surface area contributed by atoms with E-state index in [0.29, 0.717) is 13.1 Å². The standard InChI is InChI=1S/C17H32N4O2.HI/c1-13(2)7-6-8-18-15-19-11-14-12-20(9-10-21(14)15)16(22)23-17(3,4)5;/h13-14H,6-12H2,1-5H3,(H,18,19);1H. The SMILES string of the molecule is CC(C)CCCNC1=NCC2CN(C(=O)OC(C)(C)C)CCN12.I. The zero-order valence-corrected chi connectivity index (χ0v) is 18.0. The first-order chi connectivity index (χ1) is 10.8. The van der Waals surface area contributed by atoms with E-state index in [1.54, 1.807) is 0 Å². The number of hydrogen-bond acceptors (Lipinski definition) is 5. The molecule has 0 saturated carbocycles. The molecule has 7 heteroatoms. The molecule has 6 nitrogen and oxygen atoms in total. The summed E-state index contributed by atoms with van der Waals surface area (Å²) in [6.45, 7) is 14.1. The maximum Gasteiger partial charge on any atom is 0.410 e. The summed E-state index contributed by atoms with van der Waals surface area (Å²) >= 11 is 0. The van der Waals surface area contributed by atoms with Crippen molar-refractivity contribution in [2.24, 2.45) is 10.9 Å². The summed E-state index contributed by atoms with van der Waals surface area (Å²) < 4.78 is 5.47. The van der Waals surface area contributed by atoms with Crippen LogP contribution in [0, 0.1) is 5.92 Å². The quantitative estimate of drug-likeness (QED) is 0.527. The fraction of sp³-hybridized carbons (Fsp3) is 0.882. The Morgan fingerprint density at radius 3 is 2.71 bits per heavy atom. The third-order valence-corrected chi connectivity index (χ3v) is 4.10. The highest BCUT2D eigenvalue weighted by Crippen LogP contribution is 2.18. The van der Waals surface area contributed by atoms with E-state index < -0.39 is 5.60 Å². The first-order valence-electron chi connectivity index (χ1n) is 8.79. The lowest BCUT2D eigenvalue weighted by atomic mass is 10.1. The zero-order valence-electron chi connectivity index (χ0n) is 15.7. The number of nitrogens with zero attached hydrogens (tertiary/aromatic N) is 3. The van der Waals surface area contributed by atoms with Crippen molar-refractivity contribution in [3.8, 4) is 0 Å². The second-order valence-corrected chi connectivity index (χ2v) is 7.90. The third-order valence-electron chi connectivity index (χ3n) is 4.10. The second kappa shape index (κ2) is 9.10. The number of amides is 1. The van der Waals surface area contributed by atoms with Crippen LogP contribution >= 0.6 is 24.0 Å². The molecular formula is C17H33IN4O2. The molecule has 2 rings (SSSR count). The van der Waals surface area contributed by atoms with Gasteiger partial charge in [-0.1, -0.05) is 13.8 Å². The fourth-order valence-corrected chi connectivity index (χ4v) is 2.93. The van der Waals surface area contributed by atoms with E-state index >= 15 is 0 Å². The second-order valence-electron chi connectivity index (χ2n) is 7.90. The van der Waals surface area contributed by atoms with Gasteiger partial charge in [0.15, 0.2) is 5.96 Å². The van der Waals surface area contributed by atoms with Crippen LogP contribution in [0.5, 0.6) is 0 Å². The minimum Gasteiger partial charge on any atom is -0.444 e. The molecule has 0 aliphatic carbocycles. The molecule has 1 unspecified atom stereocenters. The lowest BCUT2D eigenvalue weighted by Gasteiger charge is -2.39. The van der Waals surface area contributed by atoms with Crippen LogP contribution in [0.3, 0.4) is 0 Å². The van der Waals surface area contributed by atoms with Crippen molar-refractivity contribution in [3.63, 3.8) is 0 Å². The molecule has 0 radical (unpaired) electrons. The number of piperazine rings is 1. The molecule has 0 aromatic rings. The number of guanidine groups is 1. The molecule has 1 fully saturated rings. The smallest absolute Gasteiger partial charge is 0.410 e. The number of fused-ring (bicyclic) bond motifs is 1. The molecule has 0 aromatic heterocycles. The topological polar surface area (TPSA) is 57.2 Å². The van der Waals surface area contributed by atoms with Crippen LogP contribution in [0.1, 0.15) is 47.5 Å². The highest BCUT2D eigenvalue weighted by atomic mass is 127. The molecule has 2 aliphatic heterocycles. The number of nitrogens with one attached hydrogen (secondary N) is 1. The maximum atomic E-state index is 12.2. The van der Waals surface area contributed by atoms with Crippen molar-refractivity contribution in [2.75, 3.05) is 32.7 Å². The molecule has 1 amide bonds. The fourth-order valence-electron chi connectivity index (χ4n) is 2.93. The first-order valence-corrected chi connectivity index (χ1v) is 8.79. The Morgan fingerprint density at radius 2 is 2.08 bits per heavy atom. The van der Waals surface area contributed by atoms with E-state index in [4.69, 9.17) is 4.74 Å². The molecule has 0 spiro atoms. The van der Waals surface area contributed by atoms with Gasteiger partial charge in [0.2, 0.25) is 0 Å². The van der Waals surface area contributed by atoms with E-state index in [-0.39, 0.29) is 36.1 Å². The Bertz CT molecular complexity index is 448. The van der Waals surface area contributed by atoms with Gasteiger partial charge in [-0.25, -0.2) is 4.79 Å². The van der Waals surface area contributed by atoms with Crippen molar-refractivity contribution in [1.82, 2.24) is 15.1 Å². The van der Waals surface area contributed by atoms with E-state index in [9.17, 15) is 4.79 Å². The van der Waals surface area contributed by atoms with Gasteiger partial charge in [0.25, 0.3) is 0 Å². The van der Waals surface area contributed by atoms with Crippen LogP contribution in [-0.4, -0.2) is 66.2 Å². The largest absolute Gasteiger partial charge is 0.444 e. The van der Waals surface area contributed by atoms with Crippen molar-refractivity contribution >= 4 is 36.0 Å². The van der Waals surface area contributed by atoms with Gasteiger partial charge in [-0.05, 0) is 39.5 Å². The van der Waals surface area contributed by atoms with Crippen molar-refractivity contribution in [3.05, 3.63) is 0 Å².